The predicted octanol–water partition coefficient (Wildman–Crippen LogP) is 4.66. The molecule has 0 N–H and O–H groups in total. The molecule has 0 bridgehead atoms. The molecule has 0 radical (unpaired) electrons. The standard InChI is InChI=1S/C17H22BF3O3S/c1-15(2)16(3,4)24-18(23-15)13(10-25)7-11-6-12(17(19,20)21)9-14(8-11)22-5/h6-9,25H,10H2,1-5H3. The fraction of sp³-hybridized carbons (Fsp3) is 0.529. The van der Waals surface area contributed by atoms with Gasteiger partial charge in [-0.15, -0.1) is 0 Å². The van der Waals surface area contributed by atoms with Gasteiger partial charge in [-0.1, -0.05) is 6.08 Å². The van der Waals surface area contributed by atoms with Gasteiger partial charge >= 0.3 is 13.3 Å². The molecule has 1 aromatic rings. The topological polar surface area (TPSA) is 27.7 Å². The van der Waals surface area contributed by atoms with Gasteiger partial charge in [0, 0.05) is 5.75 Å². The number of methoxy groups -OCH3 is 1. The molecule has 1 aliphatic heterocycles. The van der Waals surface area contributed by atoms with Crippen molar-refractivity contribution in [1.82, 2.24) is 0 Å². The summed E-state index contributed by atoms with van der Waals surface area (Å²) in [5, 5.41) is 0. The van der Waals surface area contributed by atoms with Gasteiger partial charge in [0.25, 0.3) is 0 Å². The van der Waals surface area contributed by atoms with E-state index in [-0.39, 0.29) is 11.5 Å². The molecule has 1 aromatic carbocycles. The summed E-state index contributed by atoms with van der Waals surface area (Å²) >= 11 is 4.28. The molecule has 3 nitrogen and oxygen atoms in total. The molecule has 0 atom stereocenters. The van der Waals surface area contributed by atoms with Crippen LogP contribution in [0.2, 0.25) is 0 Å². The third kappa shape index (κ3) is 4.35. The second-order valence-corrected chi connectivity index (χ2v) is 7.27. The molecule has 1 heterocycles. The van der Waals surface area contributed by atoms with Crippen LogP contribution in [-0.2, 0) is 15.5 Å². The van der Waals surface area contributed by atoms with Crippen molar-refractivity contribution in [3.8, 4) is 5.75 Å². The highest BCUT2D eigenvalue weighted by Crippen LogP contribution is 2.39. The van der Waals surface area contributed by atoms with Gasteiger partial charge in [0.05, 0.1) is 23.9 Å². The molecular weight excluding hydrogens is 352 g/mol. The van der Waals surface area contributed by atoms with Gasteiger partial charge in [-0.3, -0.25) is 0 Å². The van der Waals surface area contributed by atoms with Gasteiger partial charge in [0.2, 0.25) is 0 Å². The lowest BCUT2D eigenvalue weighted by Crippen LogP contribution is -2.41. The summed E-state index contributed by atoms with van der Waals surface area (Å²) in [7, 11) is 0.666. The molecular formula is C17H22BF3O3S. The molecule has 2 rings (SSSR count). The Morgan fingerprint density at radius 1 is 1.16 bits per heavy atom. The second-order valence-electron chi connectivity index (χ2n) is 6.96. The van der Waals surface area contributed by atoms with Crippen LogP contribution in [0.25, 0.3) is 6.08 Å². The van der Waals surface area contributed by atoms with E-state index in [1.54, 1.807) is 6.08 Å². The Balaban J connectivity index is 2.40. The van der Waals surface area contributed by atoms with Gasteiger partial charge in [-0.05, 0) is 56.9 Å². The molecule has 8 heteroatoms. The van der Waals surface area contributed by atoms with Crippen LogP contribution < -0.4 is 4.74 Å². The lowest BCUT2D eigenvalue weighted by atomic mass is 9.78. The van der Waals surface area contributed by atoms with Crippen molar-refractivity contribution in [2.45, 2.75) is 45.1 Å². The maximum atomic E-state index is 13.1. The first kappa shape index (κ1) is 20.2. The summed E-state index contributed by atoms with van der Waals surface area (Å²) in [6, 6.07) is 3.56. The highest BCUT2D eigenvalue weighted by Gasteiger charge is 2.52. The first-order valence-electron chi connectivity index (χ1n) is 7.83. The van der Waals surface area contributed by atoms with Gasteiger partial charge in [-0.25, -0.2) is 0 Å². The molecule has 25 heavy (non-hydrogen) atoms. The van der Waals surface area contributed by atoms with Crippen molar-refractivity contribution in [3.05, 3.63) is 34.8 Å². The van der Waals surface area contributed by atoms with E-state index in [1.807, 2.05) is 27.7 Å². The molecule has 0 spiro atoms. The average Bonchev–Trinajstić information content (AvgIpc) is 2.71. The van der Waals surface area contributed by atoms with Crippen molar-refractivity contribution in [3.63, 3.8) is 0 Å². The van der Waals surface area contributed by atoms with Crippen molar-refractivity contribution in [2.24, 2.45) is 0 Å². The van der Waals surface area contributed by atoms with E-state index in [9.17, 15) is 13.2 Å². The van der Waals surface area contributed by atoms with E-state index in [0.717, 1.165) is 12.1 Å². The van der Waals surface area contributed by atoms with Crippen LogP contribution in [0.4, 0.5) is 13.2 Å². The van der Waals surface area contributed by atoms with E-state index in [2.05, 4.69) is 12.6 Å². The molecule has 0 unspecified atom stereocenters. The molecule has 0 amide bonds. The number of alkyl halides is 3. The molecule has 138 valence electrons. The van der Waals surface area contributed by atoms with E-state index < -0.39 is 30.1 Å². The van der Waals surface area contributed by atoms with Gasteiger partial charge in [-0.2, -0.15) is 25.8 Å². The smallest absolute Gasteiger partial charge is 0.491 e. The number of ether oxygens (including phenoxy) is 1. The minimum absolute atomic E-state index is 0.133. The van der Waals surface area contributed by atoms with Crippen molar-refractivity contribution < 1.29 is 27.2 Å². The van der Waals surface area contributed by atoms with Crippen LogP contribution in [0.1, 0.15) is 38.8 Å². The quantitative estimate of drug-likeness (QED) is 0.614. The van der Waals surface area contributed by atoms with Crippen molar-refractivity contribution >= 4 is 25.8 Å². The second kappa shape index (κ2) is 6.89. The lowest BCUT2D eigenvalue weighted by Gasteiger charge is -2.32. The van der Waals surface area contributed by atoms with E-state index in [1.165, 1.54) is 13.2 Å². The first-order chi connectivity index (χ1) is 11.4. The third-order valence-corrected chi connectivity index (χ3v) is 4.95. The SMILES string of the molecule is COc1cc(C=C(CS)B2OC(C)(C)C(C)(C)O2)cc(C(F)(F)F)c1. The summed E-state index contributed by atoms with van der Waals surface area (Å²) in [5.41, 5.74) is -0.851. The zero-order chi connectivity index (χ0) is 19.0. The monoisotopic (exact) mass is 374 g/mol. The van der Waals surface area contributed by atoms with Gasteiger partial charge in [0.15, 0.2) is 0 Å². The molecule has 1 fully saturated rings. The predicted molar refractivity (Wildman–Crippen MR) is 95.9 cm³/mol. The number of hydrogen-bond donors (Lipinski definition) is 1. The highest BCUT2D eigenvalue weighted by molar-refractivity contribution is 7.80. The maximum absolute atomic E-state index is 13.1. The molecule has 0 saturated carbocycles. The Morgan fingerprint density at radius 2 is 1.72 bits per heavy atom. The Bertz CT molecular complexity index is 656. The summed E-state index contributed by atoms with van der Waals surface area (Å²) in [6.45, 7) is 7.65. The number of thiol groups is 1. The zero-order valence-electron chi connectivity index (χ0n) is 14.9. The van der Waals surface area contributed by atoms with E-state index >= 15 is 0 Å². The minimum Gasteiger partial charge on any atom is -0.497 e. The fourth-order valence-electron chi connectivity index (χ4n) is 2.38. The van der Waals surface area contributed by atoms with Crippen LogP contribution in [0, 0.1) is 0 Å². The van der Waals surface area contributed by atoms with Gasteiger partial charge < -0.3 is 14.0 Å². The molecule has 1 aliphatic rings. The minimum atomic E-state index is -4.46. The number of rotatable bonds is 4. The highest BCUT2D eigenvalue weighted by atomic mass is 32.1. The van der Waals surface area contributed by atoms with Crippen LogP contribution in [-0.4, -0.2) is 31.2 Å². The summed E-state index contributed by atoms with van der Waals surface area (Å²) < 4.78 is 56.1. The number of benzene rings is 1. The summed E-state index contributed by atoms with van der Waals surface area (Å²) in [5.74, 6) is 0.420. The Hall–Kier alpha value is -1.12. The van der Waals surface area contributed by atoms with Crippen molar-refractivity contribution in [2.75, 3.05) is 12.9 Å². The van der Waals surface area contributed by atoms with Gasteiger partial charge in [0.1, 0.15) is 5.75 Å². The molecule has 1 saturated heterocycles. The van der Waals surface area contributed by atoms with E-state index in [4.69, 9.17) is 14.0 Å². The molecule has 0 aromatic heterocycles. The maximum Gasteiger partial charge on any atom is 0.491 e. The van der Waals surface area contributed by atoms with E-state index in [0.29, 0.717) is 11.0 Å². The lowest BCUT2D eigenvalue weighted by molar-refractivity contribution is -0.137. The number of hydrogen-bond acceptors (Lipinski definition) is 4. The normalized spacial score (nSPS) is 20.0. The van der Waals surface area contributed by atoms with Crippen LogP contribution in [0.15, 0.2) is 23.7 Å². The van der Waals surface area contributed by atoms with Crippen LogP contribution in [0.3, 0.4) is 0 Å². The Labute approximate surface area is 152 Å². The fourth-order valence-corrected chi connectivity index (χ4v) is 2.62. The Kier molecular flexibility index (Phi) is 5.57. The Morgan fingerprint density at radius 3 is 2.16 bits per heavy atom. The first-order valence-corrected chi connectivity index (χ1v) is 8.46. The summed E-state index contributed by atoms with van der Waals surface area (Å²) in [4.78, 5) is 0. The zero-order valence-corrected chi connectivity index (χ0v) is 15.8. The number of halogens is 3. The molecule has 0 aliphatic carbocycles. The van der Waals surface area contributed by atoms with Crippen LogP contribution >= 0.6 is 12.6 Å². The largest absolute Gasteiger partial charge is 0.497 e. The average molecular weight is 374 g/mol. The summed E-state index contributed by atoms with van der Waals surface area (Å²) in [6.07, 6.45) is -2.85. The van der Waals surface area contributed by atoms with Crippen molar-refractivity contribution in [1.29, 1.82) is 0 Å². The third-order valence-electron chi connectivity index (χ3n) is 4.58. The van der Waals surface area contributed by atoms with Crippen LogP contribution in [0.5, 0.6) is 5.75 Å².